The molecule has 1 saturated heterocycles. The molecule has 0 N–H and O–H groups in total. The summed E-state index contributed by atoms with van der Waals surface area (Å²) in [5.74, 6) is 1.30. The molecule has 10 nitrogen and oxygen atoms in total. The second-order valence-corrected chi connectivity index (χ2v) is 8.55. The molecule has 4 heterocycles. The van der Waals surface area contributed by atoms with Crippen LogP contribution in [0, 0.1) is 5.92 Å². The van der Waals surface area contributed by atoms with Crippen molar-refractivity contribution in [3.8, 4) is 0 Å². The van der Waals surface area contributed by atoms with Crippen molar-refractivity contribution in [2.45, 2.75) is 6.54 Å². The van der Waals surface area contributed by atoms with E-state index in [9.17, 15) is 9.59 Å². The van der Waals surface area contributed by atoms with Gasteiger partial charge in [0.05, 0.1) is 6.33 Å². The van der Waals surface area contributed by atoms with Crippen LogP contribution in [0.15, 0.2) is 50.3 Å². The number of rotatable bonds is 4. The van der Waals surface area contributed by atoms with Gasteiger partial charge in [0.1, 0.15) is 6.54 Å². The SMILES string of the molecule is Cn1c(=O)c2c(ncn2Cc2nc(C3=C4CN(c5cccc(Cl)c5)C[C@H]43)no2)n(C)c1=O. The molecule has 11 heteroatoms. The Balaban J connectivity index is 1.25. The first kappa shape index (κ1) is 19.1. The monoisotopic (exact) mass is 451 g/mol. The molecule has 4 aromatic rings. The summed E-state index contributed by atoms with van der Waals surface area (Å²) in [6, 6.07) is 7.84. The molecule has 1 fully saturated rings. The van der Waals surface area contributed by atoms with Crippen LogP contribution in [0.5, 0.6) is 0 Å². The standard InChI is InChI=1S/C21H18ClN7O3/c1-26-19-17(20(30)27(2)21(26)31)29(10-23-19)9-15-24-18(25-32-15)16-13-7-28(8-14(13)16)12-5-3-4-11(22)6-12/h3-6,10,13H,7-9H2,1-2H3/t13-/m1/s1. The fraction of sp³-hybridized carbons (Fsp3) is 0.286. The topological polar surface area (TPSA) is 104 Å². The number of fused-ring (bicyclic) bond motifs is 2. The fourth-order valence-electron chi connectivity index (χ4n) is 4.47. The fourth-order valence-corrected chi connectivity index (χ4v) is 4.65. The maximum atomic E-state index is 12.6. The summed E-state index contributed by atoms with van der Waals surface area (Å²) in [6.45, 7) is 1.88. The normalized spacial score (nSPS) is 17.5. The Hall–Kier alpha value is -3.66. The maximum Gasteiger partial charge on any atom is 0.332 e. The van der Waals surface area contributed by atoms with E-state index in [1.54, 1.807) is 11.6 Å². The van der Waals surface area contributed by atoms with Gasteiger partial charge in [0.2, 0.25) is 5.89 Å². The molecule has 162 valence electrons. The Bertz CT molecular complexity index is 1560. The highest BCUT2D eigenvalue weighted by Gasteiger charge is 2.46. The minimum Gasteiger partial charge on any atom is -0.367 e. The Morgan fingerprint density at radius 2 is 2.06 bits per heavy atom. The molecule has 1 aliphatic carbocycles. The molecule has 0 amide bonds. The molecule has 32 heavy (non-hydrogen) atoms. The number of aromatic nitrogens is 6. The van der Waals surface area contributed by atoms with Gasteiger partial charge in [-0.05, 0) is 23.8 Å². The minimum absolute atomic E-state index is 0.193. The second-order valence-electron chi connectivity index (χ2n) is 8.11. The predicted molar refractivity (Wildman–Crippen MR) is 118 cm³/mol. The predicted octanol–water partition coefficient (Wildman–Crippen LogP) is 1.42. The largest absolute Gasteiger partial charge is 0.367 e. The second kappa shape index (κ2) is 6.67. The number of benzene rings is 1. The first-order chi connectivity index (χ1) is 15.4. The smallest absolute Gasteiger partial charge is 0.332 e. The first-order valence-electron chi connectivity index (χ1n) is 10.1. The average Bonchev–Trinajstić information content (AvgIpc) is 3.23. The van der Waals surface area contributed by atoms with Crippen molar-refractivity contribution in [2.75, 3.05) is 18.0 Å². The van der Waals surface area contributed by atoms with Gasteiger partial charge in [-0.3, -0.25) is 13.9 Å². The third-order valence-electron chi connectivity index (χ3n) is 6.20. The van der Waals surface area contributed by atoms with Gasteiger partial charge in [0.25, 0.3) is 5.56 Å². The van der Waals surface area contributed by atoms with Gasteiger partial charge < -0.3 is 14.0 Å². The van der Waals surface area contributed by atoms with Gasteiger partial charge in [-0.25, -0.2) is 9.78 Å². The summed E-state index contributed by atoms with van der Waals surface area (Å²) in [5, 5.41) is 4.87. The van der Waals surface area contributed by atoms with E-state index in [0.29, 0.717) is 28.8 Å². The lowest BCUT2D eigenvalue weighted by atomic mass is 10.2. The van der Waals surface area contributed by atoms with Gasteiger partial charge in [0.15, 0.2) is 17.0 Å². The van der Waals surface area contributed by atoms with E-state index >= 15 is 0 Å². The van der Waals surface area contributed by atoms with Crippen molar-refractivity contribution in [3.05, 3.63) is 73.7 Å². The van der Waals surface area contributed by atoms with Gasteiger partial charge in [-0.1, -0.05) is 22.8 Å². The molecular weight excluding hydrogens is 434 g/mol. The summed E-state index contributed by atoms with van der Waals surface area (Å²) < 4.78 is 9.48. The summed E-state index contributed by atoms with van der Waals surface area (Å²) in [5.41, 5.74) is 3.35. The van der Waals surface area contributed by atoms with E-state index in [1.165, 1.54) is 23.5 Å². The molecule has 0 spiro atoms. The van der Waals surface area contributed by atoms with Crippen molar-refractivity contribution < 1.29 is 4.52 Å². The van der Waals surface area contributed by atoms with E-state index < -0.39 is 11.2 Å². The van der Waals surface area contributed by atoms with Crippen molar-refractivity contribution >= 4 is 34.0 Å². The number of anilines is 1. The van der Waals surface area contributed by atoms with E-state index in [1.807, 2.05) is 18.2 Å². The van der Waals surface area contributed by atoms with Gasteiger partial charge in [-0.15, -0.1) is 0 Å². The molecule has 0 radical (unpaired) electrons. The van der Waals surface area contributed by atoms with Gasteiger partial charge in [-0.2, -0.15) is 4.98 Å². The number of hydrogen-bond donors (Lipinski definition) is 0. The minimum atomic E-state index is -0.423. The molecule has 0 saturated carbocycles. The van der Waals surface area contributed by atoms with Crippen LogP contribution in [0.25, 0.3) is 16.7 Å². The zero-order chi connectivity index (χ0) is 22.1. The lowest BCUT2D eigenvalue weighted by molar-refractivity contribution is 0.370. The molecule has 1 aromatic carbocycles. The van der Waals surface area contributed by atoms with Crippen LogP contribution >= 0.6 is 11.6 Å². The quantitative estimate of drug-likeness (QED) is 0.462. The zero-order valence-corrected chi connectivity index (χ0v) is 18.1. The molecule has 0 unspecified atom stereocenters. The molecule has 1 aliphatic heterocycles. The Labute approximate surface area is 186 Å². The third kappa shape index (κ3) is 2.76. The van der Waals surface area contributed by atoms with Crippen molar-refractivity contribution in [3.63, 3.8) is 0 Å². The van der Waals surface area contributed by atoms with Crippen molar-refractivity contribution in [1.29, 1.82) is 0 Å². The maximum absolute atomic E-state index is 12.6. The zero-order valence-electron chi connectivity index (χ0n) is 17.3. The summed E-state index contributed by atoms with van der Waals surface area (Å²) in [7, 11) is 3.03. The Morgan fingerprint density at radius 1 is 1.22 bits per heavy atom. The molecule has 1 atom stereocenters. The number of hydrogen-bond acceptors (Lipinski definition) is 7. The Morgan fingerprint density at radius 3 is 2.81 bits per heavy atom. The molecule has 2 aliphatic rings. The Kier molecular flexibility index (Phi) is 3.97. The highest BCUT2D eigenvalue weighted by atomic mass is 35.5. The molecule has 6 rings (SSSR count). The highest BCUT2D eigenvalue weighted by molar-refractivity contribution is 6.30. The van der Waals surface area contributed by atoms with E-state index in [4.69, 9.17) is 16.1 Å². The number of imidazole rings is 1. The van der Waals surface area contributed by atoms with Crippen LogP contribution in [0.3, 0.4) is 0 Å². The average molecular weight is 452 g/mol. The molecule has 3 aromatic heterocycles. The van der Waals surface area contributed by atoms with Crippen molar-refractivity contribution in [1.82, 2.24) is 28.8 Å². The lowest BCUT2D eigenvalue weighted by Gasteiger charge is -2.19. The van der Waals surface area contributed by atoms with Gasteiger partial charge >= 0.3 is 5.69 Å². The van der Waals surface area contributed by atoms with Crippen molar-refractivity contribution in [2.24, 2.45) is 20.0 Å². The highest BCUT2D eigenvalue weighted by Crippen LogP contribution is 2.51. The van der Waals surface area contributed by atoms with Crippen LogP contribution in [0.4, 0.5) is 5.69 Å². The van der Waals surface area contributed by atoms with Crippen LogP contribution < -0.4 is 16.1 Å². The summed E-state index contributed by atoms with van der Waals surface area (Å²) >= 11 is 6.11. The summed E-state index contributed by atoms with van der Waals surface area (Å²) in [4.78, 5) is 35.7. The number of aryl methyl sites for hydroxylation is 1. The van der Waals surface area contributed by atoms with Crippen LogP contribution in [-0.2, 0) is 20.6 Å². The summed E-state index contributed by atoms with van der Waals surface area (Å²) in [6.07, 6.45) is 1.51. The molecular formula is C21H18ClN7O3. The van der Waals surface area contributed by atoms with Gasteiger partial charge in [0, 0.05) is 49.4 Å². The molecule has 0 bridgehead atoms. The van der Waals surface area contributed by atoms with Crippen LogP contribution in [-0.4, -0.2) is 41.9 Å². The number of nitrogens with zero attached hydrogens (tertiary/aromatic N) is 7. The van der Waals surface area contributed by atoms with Crippen LogP contribution in [0.1, 0.15) is 11.7 Å². The third-order valence-corrected chi connectivity index (χ3v) is 6.44. The lowest BCUT2D eigenvalue weighted by Crippen LogP contribution is -2.37. The van der Waals surface area contributed by atoms with E-state index in [-0.39, 0.29) is 6.54 Å². The van der Waals surface area contributed by atoms with E-state index in [2.05, 4.69) is 26.1 Å². The van der Waals surface area contributed by atoms with E-state index in [0.717, 1.165) is 33.9 Å². The number of halogens is 1. The van der Waals surface area contributed by atoms with Crippen LogP contribution in [0.2, 0.25) is 5.02 Å². The first-order valence-corrected chi connectivity index (χ1v) is 10.5.